The van der Waals surface area contributed by atoms with Crippen molar-refractivity contribution in [1.82, 2.24) is 10.2 Å². The summed E-state index contributed by atoms with van der Waals surface area (Å²) in [6.07, 6.45) is 1.69. The van der Waals surface area contributed by atoms with E-state index < -0.39 is 0 Å². The molecule has 1 amide bonds. The fraction of sp³-hybridized carbons (Fsp3) is 0.167. The van der Waals surface area contributed by atoms with Gasteiger partial charge in [0.15, 0.2) is 5.11 Å². The zero-order valence-electron chi connectivity index (χ0n) is 9.91. The van der Waals surface area contributed by atoms with Crippen LogP contribution in [-0.4, -0.2) is 27.6 Å². The lowest BCUT2D eigenvalue weighted by Gasteiger charge is -2.08. The second-order valence-electron chi connectivity index (χ2n) is 3.87. The van der Waals surface area contributed by atoms with Crippen LogP contribution in [0.2, 0.25) is 0 Å². The molecule has 1 aromatic carbocycles. The molecular weight excluding hydrogens is 396 g/mol. The van der Waals surface area contributed by atoms with Gasteiger partial charge in [0.1, 0.15) is 11.4 Å². The van der Waals surface area contributed by atoms with Crippen molar-refractivity contribution >= 4 is 61.2 Å². The number of phenolic OH excluding ortho intramolecular Hbond substituents is 1. The minimum atomic E-state index is -0.146. The number of thiocarbonyl (C=S) groups is 1. The summed E-state index contributed by atoms with van der Waals surface area (Å²) in [6.45, 7) is 2.40. The fourth-order valence-corrected chi connectivity index (χ4v) is 3.24. The van der Waals surface area contributed by atoms with Crippen molar-refractivity contribution in [2.24, 2.45) is 0 Å². The van der Waals surface area contributed by atoms with Crippen LogP contribution in [0.4, 0.5) is 0 Å². The van der Waals surface area contributed by atoms with Crippen LogP contribution in [0.3, 0.4) is 0 Å². The summed E-state index contributed by atoms with van der Waals surface area (Å²) >= 11 is 11.6. The molecule has 1 aliphatic heterocycles. The summed E-state index contributed by atoms with van der Waals surface area (Å²) in [6, 6.07) is 3.44. The summed E-state index contributed by atoms with van der Waals surface area (Å²) in [5.74, 6) is -0.0219. The van der Waals surface area contributed by atoms with Crippen LogP contribution in [-0.2, 0) is 4.79 Å². The topological polar surface area (TPSA) is 52.6 Å². The van der Waals surface area contributed by atoms with Crippen molar-refractivity contribution < 1.29 is 9.90 Å². The molecule has 0 spiro atoms. The molecule has 2 rings (SSSR count). The van der Waals surface area contributed by atoms with Gasteiger partial charge in [-0.25, -0.2) is 0 Å². The van der Waals surface area contributed by atoms with Crippen molar-refractivity contribution in [1.29, 1.82) is 0 Å². The minimum Gasteiger partial charge on any atom is -0.506 e. The Kier molecular flexibility index (Phi) is 4.27. The monoisotopic (exact) mass is 404 g/mol. The highest BCUT2D eigenvalue weighted by Crippen LogP contribution is 2.34. The van der Waals surface area contributed by atoms with Crippen molar-refractivity contribution in [3.05, 3.63) is 32.3 Å². The maximum Gasteiger partial charge on any atom is 0.276 e. The molecule has 2 N–H and O–H groups in total. The van der Waals surface area contributed by atoms with Crippen LogP contribution >= 0.6 is 44.1 Å². The summed E-state index contributed by atoms with van der Waals surface area (Å²) < 4.78 is 1.10. The van der Waals surface area contributed by atoms with E-state index in [1.165, 1.54) is 4.90 Å². The van der Waals surface area contributed by atoms with Crippen LogP contribution in [0.5, 0.6) is 5.75 Å². The van der Waals surface area contributed by atoms with Crippen molar-refractivity contribution in [2.75, 3.05) is 6.54 Å². The molecule has 1 aliphatic rings. The first kappa shape index (κ1) is 14.5. The van der Waals surface area contributed by atoms with E-state index in [1.807, 2.05) is 6.92 Å². The highest BCUT2D eigenvalue weighted by Gasteiger charge is 2.29. The van der Waals surface area contributed by atoms with E-state index >= 15 is 0 Å². The molecule has 0 bridgehead atoms. The number of nitrogens with zero attached hydrogens (tertiary/aromatic N) is 1. The van der Waals surface area contributed by atoms with Gasteiger partial charge < -0.3 is 10.4 Å². The number of likely N-dealkylation sites (N-methyl/N-ethyl adjacent to an activating group) is 1. The number of amides is 1. The van der Waals surface area contributed by atoms with Crippen LogP contribution in [0.15, 0.2) is 26.8 Å². The van der Waals surface area contributed by atoms with Gasteiger partial charge in [-0.3, -0.25) is 9.69 Å². The van der Waals surface area contributed by atoms with Crippen LogP contribution < -0.4 is 5.32 Å². The van der Waals surface area contributed by atoms with Gasteiger partial charge in [0.25, 0.3) is 5.91 Å². The van der Waals surface area contributed by atoms with Crippen molar-refractivity contribution in [3.63, 3.8) is 0 Å². The van der Waals surface area contributed by atoms with Crippen molar-refractivity contribution in [2.45, 2.75) is 6.92 Å². The highest BCUT2D eigenvalue weighted by molar-refractivity contribution is 9.11. The number of rotatable bonds is 2. The van der Waals surface area contributed by atoms with E-state index in [0.29, 0.717) is 26.3 Å². The van der Waals surface area contributed by atoms with Gasteiger partial charge >= 0.3 is 0 Å². The third-order valence-corrected chi connectivity index (χ3v) is 4.16. The zero-order valence-corrected chi connectivity index (χ0v) is 13.9. The van der Waals surface area contributed by atoms with Crippen LogP contribution in [0, 0.1) is 0 Å². The number of phenols is 1. The Balaban J connectivity index is 2.38. The molecule has 1 heterocycles. The minimum absolute atomic E-state index is 0.124. The van der Waals surface area contributed by atoms with Gasteiger partial charge in [-0.1, -0.05) is 0 Å². The Hall–Kier alpha value is -0.920. The van der Waals surface area contributed by atoms with Gasteiger partial charge in [-0.2, -0.15) is 0 Å². The summed E-state index contributed by atoms with van der Waals surface area (Å²) in [5, 5.41) is 12.9. The maximum atomic E-state index is 12.0. The SMILES string of the molecule is CCN1C(=O)/C(=C/c2cc(Br)c(O)c(Br)c2)NC1=S. The van der Waals surface area contributed by atoms with Gasteiger partial charge in [-0.05, 0) is 74.8 Å². The average molecular weight is 406 g/mol. The molecule has 19 heavy (non-hydrogen) atoms. The van der Waals surface area contributed by atoms with Crippen molar-refractivity contribution in [3.8, 4) is 5.75 Å². The first-order valence-electron chi connectivity index (χ1n) is 5.46. The van der Waals surface area contributed by atoms with E-state index in [9.17, 15) is 9.90 Å². The molecule has 1 saturated heterocycles. The standard InChI is InChI=1S/C12H10Br2N2O2S/c1-2-16-11(18)9(15-12(16)19)5-6-3-7(13)10(17)8(14)4-6/h3-5,17H,2H2,1H3,(H,15,19)/b9-5-. The largest absolute Gasteiger partial charge is 0.506 e. The number of halogens is 2. The Morgan fingerprint density at radius 3 is 2.47 bits per heavy atom. The fourth-order valence-electron chi connectivity index (χ4n) is 1.69. The molecule has 4 nitrogen and oxygen atoms in total. The summed E-state index contributed by atoms with van der Waals surface area (Å²) in [4.78, 5) is 13.5. The molecule has 0 unspecified atom stereocenters. The smallest absolute Gasteiger partial charge is 0.276 e. The normalized spacial score (nSPS) is 17.2. The third kappa shape index (κ3) is 2.82. The number of benzene rings is 1. The lowest BCUT2D eigenvalue weighted by molar-refractivity contribution is -0.122. The second kappa shape index (κ2) is 5.60. The van der Waals surface area contributed by atoms with E-state index in [1.54, 1.807) is 18.2 Å². The molecule has 0 radical (unpaired) electrons. The third-order valence-electron chi connectivity index (χ3n) is 2.63. The predicted molar refractivity (Wildman–Crippen MR) is 84.6 cm³/mol. The van der Waals surface area contributed by atoms with E-state index in [4.69, 9.17) is 12.2 Å². The summed E-state index contributed by atoms with van der Waals surface area (Å²) in [5.41, 5.74) is 1.20. The first-order valence-corrected chi connectivity index (χ1v) is 7.46. The quantitative estimate of drug-likeness (QED) is 0.586. The number of hydrogen-bond acceptors (Lipinski definition) is 3. The average Bonchev–Trinajstić information content (AvgIpc) is 2.61. The highest BCUT2D eigenvalue weighted by atomic mass is 79.9. The van der Waals surface area contributed by atoms with Crippen LogP contribution in [0.1, 0.15) is 12.5 Å². The molecule has 0 atom stereocenters. The van der Waals surface area contributed by atoms with E-state index in [2.05, 4.69) is 37.2 Å². The Labute approximate surface area is 132 Å². The number of carbonyl (C=O) groups excluding carboxylic acids is 1. The molecule has 1 fully saturated rings. The number of hydrogen-bond donors (Lipinski definition) is 2. The Bertz CT molecular complexity index is 578. The van der Waals surface area contributed by atoms with Gasteiger partial charge in [0, 0.05) is 6.54 Å². The summed E-state index contributed by atoms with van der Waals surface area (Å²) in [7, 11) is 0. The van der Waals surface area contributed by atoms with Gasteiger partial charge in [-0.15, -0.1) is 0 Å². The lowest BCUT2D eigenvalue weighted by atomic mass is 10.2. The Morgan fingerprint density at radius 1 is 1.42 bits per heavy atom. The number of carbonyl (C=O) groups is 1. The molecule has 100 valence electrons. The maximum absolute atomic E-state index is 12.0. The molecule has 1 aromatic rings. The van der Waals surface area contributed by atoms with Gasteiger partial charge in [0.2, 0.25) is 0 Å². The number of aromatic hydroxyl groups is 1. The predicted octanol–water partition coefficient (Wildman–Crippen LogP) is 2.99. The first-order chi connectivity index (χ1) is 8.93. The Morgan fingerprint density at radius 2 is 2.00 bits per heavy atom. The van der Waals surface area contributed by atoms with E-state index in [0.717, 1.165) is 5.56 Å². The van der Waals surface area contributed by atoms with Gasteiger partial charge in [0.05, 0.1) is 8.95 Å². The zero-order chi connectivity index (χ0) is 14.2. The van der Waals surface area contributed by atoms with E-state index in [-0.39, 0.29) is 11.7 Å². The molecule has 0 aliphatic carbocycles. The van der Waals surface area contributed by atoms with Crippen LogP contribution in [0.25, 0.3) is 6.08 Å². The molecular formula is C12H10Br2N2O2S. The molecule has 0 saturated carbocycles. The molecule has 7 heteroatoms. The molecule has 0 aromatic heterocycles. The second-order valence-corrected chi connectivity index (χ2v) is 5.97. The lowest BCUT2D eigenvalue weighted by Crippen LogP contribution is -2.30. The number of nitrogens with one attached hydrogen (secondary N) is 1.